The van der Waals surface area contributed by atoms with E-state index in [0.29, 0.717) is 16.2 Å². The van der Waals surface area contributed by atoms with Crippen LogP contribution >= 0.6 is 0 Å². The molecule has 0 atom stereocenters. The van der Waals surface area contributed by atoms with Crippen LogP contribution < -0.4 is 0 Å². The second-order valence-corrected chi connectivity index (χ2v) is 9.19. The molecule has 0 N–H and O–H groups in total. The predicted octanol–water partition coefficient (Wildman–Crippen LogP) is 4.28. The fraction of sp³-hybridized carbons (Fsp3) is 0.857. The van der Waals surface area contributed by atoms with Crippen molar-refractivity contribution < 1.29 is 0 Å². The van der Waals surface area contributed by atoms with Gasteiger partial charge < -0.3 is 0 Å². The van der Waals surface area contributed by atoms with Crippen molar-refractivity contribution in [3.8, 4) is 0 Å². The van der Waals surface area contributed by atoms with Crippen LogP contribution in [0.15, 0.2) is 9.16 Å². The van der Waals surface area contributed by atoms with E-state index < -0.39 is 0 Å². The van der Waals surface area contributed by atoms with Gasteiger partial charge in [0.2, 0.25) is 0 Å². The van der Waals surface area contributed by atoms with Crippen LogP contribution in [0.25, 0.3) is 0 Å². The molecule has 0 spiro atoms. The summed E-state index contributed by atoms with van der Waals surface area (Å²) in [6, 6.07) is 0. The minimum atomic E-state index is 0.292. The first-order valence-electron chi connectivity index (χ1n) is 5.79. The molecule has 0 rings (SSSR count). The van der Waals surface area contributed by atoms with Gasteiger partial charge in [0.25, 0.3) is 0 Å². The van der Waals surface area contributed by atoms with Gasteiger partial charge in [-0.25, -0.2) is 0 Å². The molecule has 0 aliphatic carbocycles. The quantitative estimate of drug-likeness (QED) is 0.585. The molecule has 1 heteroatoms. The van der Waals surface area contributed by atoms with Crippen LogP contribution in [0.2, 0.25) is 0 Å². The van der Waals surface area contributed by atoms with Gasteiger partial charge in [-0.05, 0) is 0 Å². The van der Waals surface area contributed by atoms with Gasteiger partial charge >= 0.3 is 110 Å². The molecule has 0 aromatic rings. The standard InChI is InChI=1S/C14H27.Sn.H/c1-12(2,3)10-11(13(4,5)6)14(7,8)9;;/h1-9H3;;. The third kappa shape index (κ3) is 4.50. The Morgan fingerprint density at radius 2 is 0.867 bits per heavy atom. The molecule has 0 bridgehead atoms. The Morgan fingerprint density at radius 1 is 0.600 bits per heavy atom. The number of allylic oxidation sites excluding steroid dienone is 2. The van der Waals surface area contributed by atoms with Gasteiger partial charge in [-0.1, -0.05) is 0 Å². The number of hydrogen-bond donors (Lipinski definition) is 0. The second-order valence-electron chi connectivity index (χ2n) is 7.54. The summed E-state index contributed by atoms with van der Waals surface area (Å²) >= 11 is 1.24. The molecular weight excluding hydrogens is 287 g/mol. The predicted molar refractivity (Wildman–Crippen MR) is 72.5 cm³/mol. The molecule has 0 unspecified atom stereocenters. The summed E-state index contributed by atoms with van der Waals surface area (Å²) in [5.74, 6) is 0. The monoisotopic (exact) mass is 316 g/mol. The fourth-order valence-electron chi connectivity index (χ4n) is 2.31. The fourth-order valence-corrected chi connectivity index (χ4v) is 4.78. The normalized spacial score (nSPS) is 14.0. The van der Waals surface area contributed by atoms with E-state index in [-0.39, 0.29) is 0 Å². The Bertz CT molecular complexity index is 235. The van der Waals surface area contributed by atoms with Gasteiger partial charge in [-0.15, -0.1) is 0 Å². The molecule has 0 nitrogen and oxygen atoms in total. The van der Waals surface area contributed by atoms with E-state index in [9.17, 15) is 0 Å². The third-order valence-electron chi connectivity index (χ3n) is 2.58. The third-order valence-corrected chi connectivity index (χ3v) is 5.87. The maximum absolute atomic E-state index is 2.34. The molecule has 0 aliphatic heterocycles. The summed E-state index contributed by atoms with van der Waals surface area (Å²) < 4.78 is 1.67. The molecule has 0 saturated heterocycles. The van der Waals surface area contributed by atoms with Crippen LogP contribution in [0.1, 0.15) is 62.3 Å². The molecule has 0 aliphatic rings. The zero-order valence-corrected chi connectivity index (χ0v) is 15.4. The van der Waals surface area contributed by atoms with Crippen LogP contribution in [-0.4, -0.2) is 22.5 Å². The number of rotatable bonds is 0. The molecule has 88 valence electrons. The zero-order valence-electron chi connectivity index (χ0n) is 12.1. The topological polar surface area (TPSA) is 0 Å². The zero-order chi connectivity index (χ0) is 12.7. The van der Waals surface area contributed by atoms with Crippen molar-refractivity contribution in [2.45, 2.75) is 62.3 Å². The van der Waals surface area contributed by atoms with Crippen molar-refractivity contribution in [1.82, 2.24) is 0 Å². The van der Waals surface area contributed by atoms with E-state index in [1.54, 1.807) is 9.16 Å². The first kappa shape index (κ1) is 15.5. The molecule has 15 heavy (non-hydrogen) atoms. The van der Waals surface area contributed by atoms with Crippen molar-refractivity contribution in [1.29, 1.82) is 0 Å². The van der Waals surface area contributed by atoms with E-state index in [1.807, 2.05) is 0 Å². The van der Waals surface area contributed by atoms with Crippen molar-refractivity contribution in [3.05, 3.63) is 9.16 Å². The minimum absolute atomic E-state index is 0.292. The number of hydrogen-bond acceptors (Lipinski definition) is 0. The van der Waals surface area contributed by atoms with E-state index in [4.69, 9.17) is 0 Å². The molecule has 0 aromatic heterocycles. The van der Waals surface area contributed by atoms with Gasteiger partial charge in [0.05, 0.1) is 0 Å². The van der Waals surface area contributed by atoms with E-state index in [2.05, 4.69) is 62.3 Å². The van der Waals surface area contributed by atoms with Gasteiger partial charge in [0.15, 0.2) is 0 Å². The van der Waals surface area contributed by atoms with Crippen LogP contribution in [0.5, 0.6) is 0 Å². The Hall–Kier alpha value is 0.539. The average molecular weight is 315 g/mol. The van der Waals surface area contributed by atoms with Crippen molar-refractivity contribution >= 4 is 22.5 Å². The Kier molecular flexibility index (Phi) is 4.58. The van der Waals surface area contributed by atoms with Crippen LogP contribution in [0.3, 0.4) is 0 Å². The molecule has 2 radical (unpaired) electrons. The van der Waals surface area contributed by atoms with Crippen LogP contribution in [-0.2, 0) is 0 Å². The van der Waals surface area contributed by atoms with Gasteiger partial charge in [0.1, 0.15) is 0 Å². The first-order chi connectivity index (χ1) is 6.28. The first-order valence-corrected chi connectivity index (χ1v) is 7.44. The SMILES string of the molecule is CC(C)(C)[C]([SnH])=C(C(C)(C)C)C(C)(C)C. The average Bonchev–Trinajstić information content (AvgIpc) is 1.76. The van der Waals surface area contributed by atoms with Crippen LogP contribution in [0, 0.1) is 16.2 Å². The molecule has 0 fully saturated rings. The van der Waals surface area contributed by atoms with E-state index >= 15 is 0 Å². The molecular formula is C14H28Sn. The molecule has 0 saturated carbocycles. The van der Waals surface area contributed by atoms with Gasteiger partial charge in [-0.3, -0.25) is 0 Å². The second kappa shape index (κ2) is 4.43. The summed E-state index contributed by atoms with van der Waals surface area (Å²) in [7, 11) is 0. The summed E-state index contributed by atoms with van der Waals surface area (Å²) in [5.41, 5.74) is 2.57. The molecule has 0 amide bonds. The summed E-state index contributed by atoms with van der Waals surface area (Å²) in [6.07, 6.45) is 0. The van der Waals surface area contributed by atoms with E-state index in [0.717, 1.165) is 0 Å². The van der Waals surface area contributed by atoms with E-state index in [1.165, 1.54) is 22.5 Å². The Morgan fingerprint density at radius 3 is 0.933 bits per heavy atom. The van der Waals surface area contributed by atoms with Crippen LogP contribution in [0.4, 0.5) is 0 Å². The Balaban J connectivity index is 5.71. The van der Waals surface area contributed by atoms with Crippen molar-refractivity contribution in [3.63, 3.8) is 0 Å². The van der Waals surface area contributed by atoms with Crippen molar-refractivity contribution in [2.24, 2.45) is 16.2 Å². The maximum atomic E-state index is 2.34. The summed E-state index contributed by atoms with van der Waals surface area (Å²) in [5, 5.41) is 0. The summed E-state index contributed by atoms with van der Waals surface area (Å²) in [4.78, 5) is 0. The van der Waals surface area contributed by atoms with Crippen molar-refractivity contribution in [2.75, 3.05) is 0 Å². The van der Waals surface area contributed by atoms with Gasteiger partial charge in [-0.2, -0.15) is 0 Å². The van der Waals surface area contributed by atoms with Gasteiger partial charge in [0, 0.05) is 0 Å². The Labute approximate surface area is 110 Å². The summed E-state index contributed by atoms with van der Waals surface area (Å²) in [6.45, 7) is 21.1. The molecule has 0 aromatic carbocycles. The molecule has 0 heterocycles.